The zero-order valence-electron chi connectivity index (χ0n) is 8.95. The molecular weight excluding hydrogens is 220 g/mol. The molecule has 0 aliphatic carbocycles. The molecule has 5 nitrogen and oxygen atoms in total. The van der Waals surface area contributed by atoms with Crippen molar-refractivity contribution >= 4 is 23.3 Å². The van der Waals surface area contributed by atoms with Crippen LogP contribution in [-0.4, -0.2) is 18.5 Å². The maximum Gasteiger partial charge on any atom is 0.336 e. The van der Waals surface area contributed by atoms with E-state index in [0.29, 0.717) is 30.0 Å². The third kappa shape index (κ3) is 1.56. The Morgan fingerprint density at radius 2 is 1.76 bits per heavy atom. The summed E-state index contributed by atoms with van der Waals surface area (Å²) in [6, 6.07) is 7.34. The molecule has 17 heavy (non-hydrogen) atoms. The van der Waals surface area contributed by atoms with Crippen LogP contribution in [0.3, 0.4) is 0 Å². The Kier molecular flexibility index (Phi) is 2.11. The monoisotopic (exact) mass is 230 g/mol. The quantitative estimate of drug-likeness (QED) is 0.520. The van der Waals surface area contributed by atoms with E-state index in [1.807, 2.05) is 18.2 Å². The lowest BCUT2D eigenvalue weighted by Crippen LogP contribution is -2.27. The van der Waals surface area contributed by atoms with Crippen molar-refractivity contribution in [1.29, 1.82) is 0 Å². The van der Waals surface area contributed by atoms with Crippen LogP contribution in [-0.2, 0) is 14.3 Å². The first kappa shape index (κ1) is 9.89. The van der Waals surface area contributed by atoms with Crippen LogP contribution >= 0.6 is 0 Å². The molecular formula is C12H10N2O3. The van der Waals surface area contributed by atoms with Gasteiger partial charge in [0.25, 0.3) is 5.91 Å². The summed E-state index contributed by atoms with van der Waals surface area (Å²) in [4.78, 5) is 23.3. The molecule has 2 aliphatic rings. The molecule has 0 radical (unpaired) electrons. The Hall–Kier alpha value is -2.30. The van der Waals surface area contributed by atoms with Crippen LogP contribution in [0.15, 0.2) is 35.5 Å². The summed E-state index contributed by atoms with van der Waals surface area (Å²) in [5.74, 6) is -0.709. The fourth-order valence-corrected chi connectivity index (χ4v) is 1.95. The van der Waals surface area contributed by atoms with Crippen molar-refractivity contribution < 1.29 is 14.3 Å². The highest BCUT2D eigenvalue weighted by Gasteiger charge is 2.29. The summed E-state index contributed by atoms with van der Waals surface area (Å²) >= 11 is 0. The number of esters is 1. The highest BCUT2D eigenvalue weighted by molar-refractivity contribution is 6.15. The SMILES string of the molecule is O=C1OCC/C1=C1\Nc2ccccc2NC1=O. The number of amides is 1. The number of rotatable bonds is 0. The topological polar surface area (TPSA) is 67.4 Å². The standard InChI is InChI=1S/C12H10N2O3/c15-11-10(7-5-6-17-12(7)16)13-8-3-1-2-4-9(8)14-11/h1-4,13H,5-6H2,(H,14,15)/b10-7+. The highest BCUT2D eigenvalue weighted by Crippen LogP contribution is 2.30. The molecule has 86 valence electrons. The van der Waals surface area contributed by atoms with Crippen molar-refractivity contribution in [2.45, 2.75) is 6.42 Å². The minimum absolute atomic E-state index is 0.294. The second-order valence-electron chi connectivity index (χ2n) is 3.86. The number of fused-ring (bicyclic) bond motifs is 1. The highest BCUT2D eigenvalue weighted by atomic mass is 16.5. The van der Waals surface area contributed by atoms with Crippen molar-refractivity contribution in [3.05, 3.63) is 35.5 Å². The number of hydrogen-bond donors (Lipinski definition) is 2. The summed E-state index contributed by atoms with van der Waals surface area (Å²) in [5, 5.41) is 5.73. The van der Waals surface area contributed by atoms with Gasteiger partial charge < -0.3 is 15.4 Å². The minimum atomic E-state index is -0.415. The molecule has 2 heterocycles. The second-order valence-corrected chi connectivity index (χ2v) is 3.86. The van der Waals surface area contributed by atoms with Crippen LogP contribution in [0.5, 0.6) is 0 Å². The summed E-state index contributed by atoms with van der Waals surface area (Å²) in [7, 11) is 0. The van der Waals surface area contributed by atoms with Crippen LogP contribution < -0.4 is 10.6 Å². The number of ether oxygens (including phenoxy) is 1. The van der Waals surface area contributed by atoms with E-state index in [1.54, 1.807) is 6.07 Å². The first-order chi connectivity index (χ1) is 8.25. The van der Waals surface area contributed by atoms with Gasteiger partial charge in [-0.25, -0.2) is 4.79 Å². The first-order valence-electron chi connectivity index (χ1n) is 5.33. The van der Waals surface area contributed by atoms with Gasteiger partial charge in [-0.3, -0.25) is 4.79 Å². The van der Waals surface area contributed by atoms with Crippen molar-refractivity contribution in [3.63, 3.8) is 0 Å². The molecule has 2 N–H and O–H groups in total. The Labute approximate surface area is 97.5 Å². The van der Waals surface area contributed by atoms with Crippen molar-refractivity contribution in [3.8, 4) is 0 Å². The fraction of sp³-hybridized carbons (Fsp3) is 0.167. The van der Waals surface area contributed by atoms with Gasteiger partial charge in [0.1, 0.15) is 5.70 Å². The normalized spacial score (nSPS) is 22.6. The van der Waals surface area contributed by atoms with Crippen LogP contribution in [0, 0.1) is 0 Å². The predicted octanol–water partition coefficient (Wildman–Crippen LogP) is 1.25. The Bertz CT molecular complexity index is 548. The summed E-state index contributed by atoms with van der Waals surface area (Å²) in [6.07, 6.45) is 0.469. The van der Waals surface area contributed by atoms with Gasteiger partial charge in [0.2, 0.25) is 0 Å². The minimum Gasteiger partial charge on any atom is -0.462 e. The molecule has 0 bridgehead atoms. The zero-order chi connectivity index (χ0) is 11.8. The largest absolute Gasteiger partial charge is 0.462 e. The van der Waals surface area contributed by atoms with Crippen LogP contribution in [0.4, 0.5) is 11.4 Å². The lowest BCUT2D eigenvalue weighted by atomic mass is 10.1. The Morgan fingerprint density at radius 3 is 2.41 bits per heavy atom. The van der Waals surface area contributed by atoms with Gasteiger partial charge in [-0.15, -0.1) is 0 Å². The van der Waals surface area contributed by atoms with E-state index in [1.165, 1.54) is 0 Å². The van der Waals surface area contributed by atoms with Crippen LogP contribution in [0.2, 0.25) is 0 Å². The Balaban J connectivity index is 2.05. The second kappa shape index (κ2) is 3.62. The molecule has 0 unspecified atom stereocenters. The van der Waals surface area contributed by atoms with Gasteiger partial charge in [0.05, 0.1) is 23.6 Å². The van der Waals surface area contributed by atoms with Gasteiger partial charge in [0, 0.05) is 6.42 Å². The molecule has 0 spiro atoms. The summed E-state index contributed by atoms with van der Waals surface area (Å²) in [6.45, 7) is 0.342. The average molecular weight is 230 g/mol. The molecule has 3 rings (SSSR count). The molecule has 0 atom stereocenters. The summed E-state index contributed by atoms with van der Waals surface area (Å²) < 4.78 is 4.84. The molecule has 5 heteroatoms. The first-order valence-corrected chi connectivity index (χ1v) is 5.33. The Morgan fingerprint density at radius 1 is 1.06 bits per heavy atom. The smallest absolute Gasteiger partial charge is 0.336 e. The maximum atomic E-state index is 11.9. The van der Waals surface area contributed by atoms with Crippen molar-refractivity contribution in [1.82, 2.24) is 0 Å². The lowest BCUT2D eigenvalue weighted by molar-refractivity contribution is -0.135. The number of nitrogens with one attached hydrogen (secondary N) is 2. The molecule has 1 aromatic carbocycles. The van der Waals surface area contributed by atoms with Crippen molar-refractivity contribution in [2.75, 3.05) is 17.2 Å². The number of para-hydroxylation sites is 2. The molecule has 1 saturated heterocycles. The number of cyclic esters (lactones) is 1. The number of anilines is 2. The predicted molar refractivity (Wildman–Crippen MR) is 61.3 cm³/mol. The molecule has 2 aliphatic heterocycles. The third-order valence-electron chi connectivity index (χ3n) is 2.80. The molecule has 0 aromatic heterocycles. The van der Waals surface area contributed by atoms with E-state index in [-0.39, 0.29) is 5.91 Å². The van der Waals surface area contributed by atoms with Crippen LogP contribution in [0.1, 0.15) is 6.42 Å². The molecule has 1 aromatic rings. The molecule has 1 fully saturated rings. The van der Waals surface area contributed by atoms with E-state index < -0.39 is 5.97 Å². The van der Waals surface area contributed by atoms with E-state index >= 15 is 0 Å². The van der Waals surface area contributed by atoms with Crippen LogP contribution in [0.25, 0.3) is 0 Å². The van der Waals surface area contributed by atoms with E-state index in [2.05, 4.69) is 10.6 Å². The van der Waals surface area contributed by atoms with Gasteiger partial charge in [-0.05, 0) is 12.1 Å². The van der Waals surface area contributed by atoms with Gasteiger partial charge >= 0.3 is 5.97 Å². The number of carbonyl (C=O) groups excluding carboxylic acids is 2. The lowest BCUT2D eigenvalue weighted by Gasteiger charge is -2.21. The van der Waals surface area contributed by atoms with Gasteiger partial charge in [0.15, 0.2) is 0 Å². The molecule has 0 saturated carbocycles. The third-order valence-corrected chi connectivity index (χ3v) is 2.80. The number of benzene rings is 1. The average Bonchev–Trinajstić information content (AvgIpc) is 2.74. The van der Waals surface area contributed by atoms with E-state index in [0.717, 1.165) is 5.69 Å². The molecule has 1 amide bonds. The number of hydrogen-bond acceptors (Lipinski definition) is 4. The van der Waals surface area contributed by atoms with Gasteiger partial charge in [-0.2, -0.15) is 0 Å². The van der Waals surface area contributed by atoms with E-state index in [9.17, 15) is 9.59 Å². The number of carbonyl (C=O) groups is 2. The van der Waals surface area contributed by atoms with Gasteiger partial charge in [-0.1, -0.05) is 12.1 Å². The van der Waals surface area contributed by atoms with E-state index in [4.69, 9.17) is 4.74 Å². The zero-order valence-corrected chi connectivity index (χ0v) is 8.95. The maximum absolute atomic E-state index is 11.9. The van der Waals surface area contributed by atoms with Crippen molar-refractivity contribution in [2.24, 2.45) is 0 Å². The summed E-state index contributed by atoms with van der Waals surface area (Å²) in [5.41, 5.74) is 2.21. The fourth-order valence-electron chi connectivity index (χ4n) is 1.95.